The molecule has 0 aliphatic carbocycles. The molecule has 0 bridgehead atoms. The van der Waals surface area contributed by atoms with Crippen molar-refractivity contribution in [1.82, 2.24) is 9.97 Å². The number of hydrogen-bond donors (Lipinski definition) is 1. The molecule has 2 heterocycles. The highest BCUT2D eigenvalue weighted by atomic mass is 15.3. The van der Waals surface area contributed by atoms with Gasteiger partial charge in [-0.25, -0.2) is 9.97 Å². The number of rotatable bonds is 3. The number of likely N-dealkylation sites (N-methyl/N-ethyl adjacent to an activating group) is 1. The molecule has 0 radical (unpaired) electrons. The van der Waals surface area contributed by atoms with Crippen LogP contribution in [0.2, 0.25) is 0 Å². The van der Waals surface area contributed by atoms with Crippen LogP contribution in [0.15, 0.2) is 36.7 Å². The van der Waals surface area contributed by atoms with E-state index in [0.717, 1.165) is 31.3 Å². The molecule has 1 aliphatic heterocycles. The van der Waals surface area contributed by atoms with E-state index in [2.05, 4.69) is 63.3 Å². The molecular formula is C15H19N5. The van der Waals surface area contributed by atoms with Crippen LogP contribution in [-0.2, 0) is 0 Å². The summed E-state index contributed by atoms with van der Waals surface area (Å²) >= 11 is 0. The van der Waals surface area contributed by atoms with Crippen LogP contribution in [0.3, 0.4) is 0 Å². The van der Waals surface area contributed by atoms with E-state index in [0.29, 0.717) is 0 Å². The first kappa shape index (κ1) is 12.7. The average Bonchev–Trinajstić information content (AvgIpc) is 2.49. The summed E-state index contributed by atoms with van der Waals surface area (Å²) in [6, 6.07) is 10.4. The van der Waals surface area contributed by atoms with Crippen molar-refractivity contribution in [3.05, 3.63) is 36.7 Å². The van der Waals surface area contributed by atoms with Gasteiger partial charge in [-0.2, -0.15) is 0 Å². The van der Waals surface area contributed by atoms with Crippen LogP contribution in [0.1, 0.15) is 6.92 Å². The number of para-hydroxylation sites is 2. The first-order valence-electron chi connectivity index (χ1n) is 6.93. The Morgan fingerprint density at radius 2 is 1.95 bits per heavy atom. The zero-order valence-electron chi connectivity index (χ0n) is 11.9. The highest BCUT2D eigenvalue weighted by Gasteiger charge is 2.21. The second-order valence-corrected chi connectivity index (χ2v) is 4.85. The molecule has 20 heavy (non-hydrogen) atoms. The molecule has 3 rings (SSSR count). The Bertz CT molecular complexity index is 598. The monoisotopic (exact) mass is 269 g/mol. The van der Waals surface area contributed by atoms with Crippen molar-refractivity contribution < 1.29 is 0 Å². The van der Waals surface area contributed by atoms with Gasteiger partial charge in [-0.05, 0) is 19.1 Å². The van der Waals surface area contributed by atoms with Gasteiger partial charge in [0.15, 0.2) is 0 Å². The van der Waals surface area contributed by atoms with Crippen molar-refractivity contribution in [1.29, 1.82) is 0 Å². The summed E-state index contributed by atoms with van der Waals surface area (Å²) in [4.78, 5) is 13.2. The summed E-state index contributed by atoms with van der Waals surface area (Å²) in [5, 5.41) is 3.23. The van der Waals surface area contributed by atoms with E-state index in [1.165, 1.54) is 11.4 Å². The van der Waals surface area contributed by atoms with Crippen molar-refractivity contribution in [2.75, 3.05) is 41.8 Å². The van der Waals surface area contributed by atoms with Crippen molar-refractivity contribution in [3.63, 3.8) is 0 Å². The van der Waals surface area contributed by atoms with Crippen molar-refractivity contribution >= 4 is 23.0 Å². The Labute approximate surface area is 119 Å². The lowest BCUT2D eigenvalue weighted by molar-refractivity contribution is 0.811. The van der Waals surface area contributed by atoms with Crippen LogP contribution in [0.4, 0.5) is 23.0 Å². The number of benzene rings is 1. The van der Waals surface area contributed by atoms with Crippen molar-refractivity contribution in [2.24, 2.45) is 0 Å². The Morgan fingerprint density at radius 1 is 1.15 bits per heavy atom. The maximum atomic E-state index is 4.43. The number of aromatic nitrogens is 2. The van der Waals surface area contributed by atoms with E-state index in [1.807, 2.05) is 6.07 Å². The molecule has 1 N–H and O–H groups in total. The number of nitrogens with one attached hydrogen (secondary N) is 1. The number of nitrogens with zero attached hydrogens (tertiary/aromatic N) is 4. The molecule has 2 aromatic rings. The van der Waals surface area contributed by atoms with Gasteiger partial charge in [0.25, 0.3) is 0 Å². The first-order valence-corrected chi connectivity index (χ1v) is 6.93. The van der Waals surface area contributed by atoms with Crippen molar-refractivity contribution in [3.8, 4) is 0 Å². The Morgan fingerprint density at radius 3 is 2.75 bits per heavy atom. The van der Waals surface area contributed by atoms with E-state index in [-0.39, 0.29) is 0 Å². The van der Waals surface area contributed by atoms with Gasteiger partial charge in [-0.1, -0.05) is 12.1 Å². The van der Waals surface area contributed by atoms with Crippen LogP contribution in [0.25, 0.3) is 0 Å². The molecular weight excluding hydrogens is 250 g/mol. The van der Waals surface area contributed by atoms with Gasteiger partial charge in [-0.3, -0.25) is 0 Å². The number of fused-ring (bicyclic) bond motifs is 1. The molecule has 1 aromatic carbocycles. The molecule has 1 aliphatic rings. The van der Waals surface area contributed by atoms with Gasteiger partial charge in [0.05, 0.1) is 11.4 Å². The maximum Gasteiger partial charge on any atom is 0.138 e. The molecule has 0 amide bonds. The SMILES string of the molecule is CCNc1cc(N2CCN(C)c3ccccc32)ncn1. The molecule has 0 saturated carbocycles. The second kappa shape index (κ2) is 5.36. The lowest BCUT2D eigenvalue weighted by atomic mass is 10.1. The van der Waals surface area contributed by atoms with E-state index >= 15 is 0 Å². The Balaban J connectivity index is 1.99. The van der Waals surface area contributed by atoms with Gasteiger partial charge in [0, 0.05) is 32.7 Å². The largest absolute Gasteiger partial charge is 0.371 e. The highest BCUT2D eigenvalue weighted by Crippen LogP contribution is 2.36. The normalized spacial score (nSPS) is 14.1. The third-order valence-corrected chi connectivity index (χ3v) is 3.53. The summed E-state index contributed by atoms with van der Waals surface area (Å²) < 4.78 is 0. The number of anilines is 4. The Kier molecular flexibility index (Phi) is 3.41. The minimum atomic E-state index is 0.857. The van der Waals surface area contributed by atoms with Gasteiger partial charge < -0.3 is 15.1 Å². The lowest BCUT2D eigenvalue weighted by Crippen LogP contribution is -2.36. The molecule has 1 aromatic heterocycles. The van der Waals surface area contributed by atoms with Crippen molar-refractivity contribution in [2.45, 2.75) is 6.92 Å². The molecule has 5 heteroatoms. The predicted octanol–water partition coefficient (Wildman–Crippen LogP) is 2.50. The third-order valence-electron chi connectivity index (χ3n) is 3.53. The Hall–Kier alpha value is -2.30. The smallest absolute Gasteiger partial charge is 0.138 e. The third kappa shape index (κ3) is 2.27. The van der Waals surface area contributed by atoms with E-state index in [4.69, 9.17) is 0 Å². The van der Waals surface area contributed by atoms with Gasteiger partial charge in [0.1, 0.15) is 18.0 Å². The minimum Gasteiger partial charge on any atom is -0.371 e. The van der Waals surface area contributed by atoms with Crippen LogP contribution >= 0.6 is 0 Å². The minimum absolute atomic E-state index is 0.857. The summed E-state index contributed by atoms with van der Waals surface area (Å²) in [6.07, 6.45) is 1.62. The molecule has 5 nitrogen and oxygen atoms in total. The molecule has 0 saturated heterocycles. The number of hydrogen-bond acceptors (Lipinski definition) is 5. The van der Waals surface area contributed by atoms with Gasteiger partial charge >= 0.3 is 0 Å². The average molecular weight is 269 g/mol. The zero-order valence-corrected chi connectivity index (χ0v) is 11.9. The van der Waals surface area contributed by atoms with Gasteiger partial charge in [-0.15, -0.1) is 0 Å². The van der Waals surface area contributed by atoms with Gasteiger partial charge in [0.2, 0.25) is 0 Å². The summed E-state index contributed by atoms with van der Waals surface area (Å²) in [5.41, 5.74) is 2.43. The fourth-order valence-corrected chi connectivity index (χ4v) is 2.52. The highest BCUT2D eigenvalue weighted by molar-refractivity contribution is 5.78. The molecule has 104 valence electrons. The lowest BCUT2D eigenvalue weighted by Gasteiger charge is -2.36. The molecule has 0 fully saturated rings. The first-order chi connectivity index (χ1) is 9.79. The second-order valence-electron chi connectivity index (χ2n) is 4.85. The van der Waals surface area contributed by atoms with Crippen LogP contribution in [0, 0.1) is 0 Å². The van der Waals surface area contributed by atoms with Crippen LogP contribution < -0.4 is 15.1 Å². The quantitative estimate of drug-likeness (QED) is 0.927. The predicted molar refractivity (Wildman–Crippen MR) is 82.9 cm³/mol. The molecule has 0 atom stereocenters. The maximum absolute atomic E-state index is 4.43. The fourth-order valence-electron chi connectivity index (χ4n) is 2.52. The summed E-state index contributed by atoms with van der Waals surface area (Å²) in [7, 11) is 2.13. The van der Waals surface area contributed by atoms with Crippen LogP contribution in [0.5, 0.6) is 0 Å². The van der Waals surface area contributed by atoms with E-state index in [1.54, 1.807) is 6.33 Å². The summed E-state index contributed by atoms with van der Waals surface area (Å²) in [6.45, 7) is 4.83. The zero-order chi connectivity index (χ0) is 13.9. The van der Waals surface area contributed by atoms with E-state index < -0.39 is 0 Å². The van der Waals surface area contributed by atoms with E-state index in [9.17, 15) is 0 Å². The fraction of sp³-hybridized carbons (Fsp3) is 0.333. The topological polar surface area (TPSA) is 44.3 Å². The summed E-state index contributed by atoms with van der Waals surface area (Å²) in [5.74, 6) is 1.81. The standard InChI is InChI=1S/C15H19N5/c1-3-16-14-10-15(18-11-17-14)20-9-8-19(2)12-6-4-5-7-13(12)20/h4-7,10-11H,3,8-9H2,1-2H3,(H,16,17,18). The molecule has 0 spiro atoms. The van der Waals surface area contributed by atoms with Crippen LogP contribution in [-0.4, -0.2) is 36.6 Å². The molecule has 0 unspecified atom stereocenters.